The van der Waals surface area contributed by atoms with E-state index in [1.165, 1.54) is 0 Å². The summed E-state index contributed by atoms with van der Waals surface area (Å²) in [6, 6.07) is -2.45. The maximum absolute atomic E-state index is 11.3. The smallest absolute Gasteiger partial charge is 0.328 e. The molecule has 0 aromatic carbocycles. The second kappa shape index (κ2) is 7.54. The highest BCUT2D eigenvalue weighted by Gasteiger charge is 2.19. The Morgan fingerprint density at radius 1 is 1.44 bits per heavy atom. The lowest BCUT2D eigenvalue weighted by Crippen LogP contribution is -2.50. The molecule has 4 N–H and O–H groups in total. The second-order valence-corrected chi connectivity index (χ2v) is 3.20. The van der Waals surface area contributed by atoms with Gasteiger partial charge in [0.1, 0.15) is 0 Å². The molecule has 0 rings (SSSR count). The molecular formula is C10H16N2O4. The van der Waals surface area contributed by atoms with E-state index < -0.39 is 30.7 Å². The van der Waals surface area contributed by atoms with E-state index in [1.807, 2.05) is 6.92 Å². The number of hydrogen-bond donors (Lipinski definition) is 4. The van der Waals surface area contributed by atoms with Crippen molar-refractivity contribution < 1.29 is 19.8 Å². The average molecular weight is 228 g/mol. The first-order valence-electron chi connectivity index (χ1n) is 4.92. The van der Waals surface area contributed by atoms with Crippen LogP contribution in [0.15, 0.2) is 0 Å². The van der Waals surface area contributed by atoms with Gasteiger partial charge in [0.25, 0.3) is 0 Å². The van der Waals surface area contributed by atoms with Gasteiger partial charge in [-0.15, -0.1) is 6.42 Å². The summed E-state index contributed by atoms with van der Waals surface area (Å²) in [6.45, 7) is 1.24. The van der Waals surface area contributed by atoms with E-state index in [1.54, 1.807) is 0 Å². The van der Waals surface area contributed by atoms with Gasteiger partial charge in [0.15, 0.2) is 6.04 Å². The fourth-order valence-electron chi connectivity index (χ4n) is 1.03. The summed E-state index contributed by atoms with van der Waals surface area (Å²) in [7, 11) is 0. The number of urea groups is 1. The number of carbonyl (C=O) groups is 2. The maximum Gasteiger partial charge on any atom is 0.328 e. The summed E-state index contributed by atoms with van der Waals surface area (Å²) in [5, 5.41) is 21.8. The summed E-state index contributed by atoms with van der Waals surface area (Å²) in [5.74, 6) is 1.07. The minimum Gasteiger partial charge on any atom is -0.480 e. The summed E-state index contributed by atoms with van der Waals surface area (Å²) >= 11 is 0. The van der Waals surface area contributed by atoms with Crippen molar-refractivity contribution in [2.24, 2.45) is 0 Å². The fourth-order valence-corrected chi connectivity index (χ4v) is 1.03. The van der Waals surface area contributed by atoms with Crippen molar-refractivity contribution in [3.63, 3.8) is 0 Å². The summed E-state index contributed by atoms with van der Waals surface area (Å²) in [5.41, 5.74) is 0. The van der Waals surface area contributed by atoms with Gasteiger partial charge in [0, 0.05) is 0 Å². The van der Waals surface area contributed by atoms with Crippen molar-refractivity contribution >= 4 is 12.0 Å². The molecule has 1 unspecified atom stereocenters. The van der Waals surface area contributed by atoms with Gasteiger partial charge in [-0.3, -0.25) is 0 Å². The Morgan fingerprint density at radius 2 is 2.06 bits per heavy atom. The van der Waals surface area contributed by atoms with Crippen molar-refractivity contribution in [3.05, 3.63) is 0 Å². The molecule has 0 aliphatic rings. The SMILES string of the molecule is C#CC(CCC)NC(=O)N[C@@H](CO)C(=O)O. The Hall–Kier alpha value is -1.74. The summed E-state index contributed by atoms with van der Waals surface area (Å²) in [4.78, 5) is 21.8. The first-order valence-corrected chi connectivity index (χ1v) is 4.92. The van der Waals surface area contributed by atoms with Crippen LogP contribution in [0.2, 0.25) is 0 Å². The number of carbonyl (C=O) groups excluding carboxylic acids is 1. The molecule has 16 heavy (non-hydrogen) atoms. The van der Waals surface area contributed by atoms with Crippen LogP contribution in [0.4, 0.5) is 4.79 Å². The molecule has 2 atom stereocenters. The van der Waals surface area contributed by atoms with Gasteiger partial charge >= 0.3 is 12.0 Å². The van der Waals surface area contributed by atoms with Gasteiger partial charge < -0.3 is 20.8 Å². The molecule has 6 nitrogen and oxygen atoms in total. The number of carboxylic acids is 1. The molecule has 0 aromatic rings. The van der Waals surface area contributed by atoms with E-state index in [-0.39, 0.29) is 0 Å². The molecule has 0 heterocycles. The minimum absolute atomic E-state index is 0.432. The largest absolute Gasteiger partial charge is 0.480 e. The third-order valence-electron chi connectivity index (χ3n) is 1.87. The number of rotatable bonds is 6. The fraction of sp³-hybridized carbons (Fsp3) is 0.600. The van der Waals surface area contributed by atoms with Crippen molar-refractivity contribution in [2.75, 3.05) is 6.61 Å². The van der Waals surface area contributed by atoms with Crippen LogP contribution >= 0.6 is 0 Å². The minimum atomic E-state index is -1.32. The van der Waals surface area contributed by atoms with Crippen LogP contribution in [0, 0.1) is 12.3 Å². The molecule has 6 heteroatoms. The Morgan fingerprint density at radius 3 is 2.44 bits per heavy atom. The predicted octanol–water partition coefficient (Wildman–Crippen LogP) is -0.467. The van der Waals surface area contributed by atoms with Crippen LogP contribution in [0.1, 0.15) is 19.8 Å². The Bertz CT molecular complexity index is 285. The molecule has 2 amide bonds. The Kier molecular flexibility index (Phi) is 6.72. The highest BCUT2D eigenvalue weighted by atomic mass is 16.4. The summed E-state index contributed by atoms with van der Waals surface area (Å²) in [6.07, 6.45) is 6.59. The predicted molar refractivity (Wildman–Crippen MR) is 57.7 cm³/mol. The van der Waals surface area contributed by atoms with E-state index >= 15 is 0 Å². The zero-order chi connectivity index (χ0) is 12.6. The molecule has 0 aliphatic carbocycles. The number of terminal acetylenes is 1. The van der Waals surface area contributed by atoms with E-state index in [0.29, 0.717) is 6.42 Å². The maximum atomic E-state index is 11.3. The number of carboxylic acid groups (broad SMARTS) is 1. The first-order chi connectivity index (χ1) is 7.54. The molecule has 0 saturated carbocycles. The molecule has 0 spiro atoms. The first kappa shape index (κ1) is 14.3. The number of aliphatic hydroxyl groups excluding tert-OH is 1. The molecule has 0 saturated heterocycles. The van der Waals surface area contributed by atoms with E-state index in [0.717, 1.165) is 6.42 Å². The van der Waals surface area contributed by atoms with E-state index in [2.05, 4.69) is 16.6 Å². The number of aliphatic hydroxyl groups is 1. The number of aliphatic carboxylic acids is 1. The quantitative estimate of drug-likeness (QED) is 0.462. The third-order valence-corrected chi connectivity index (χ3v) is 1.87. The van der Waals surface area contributed by atoms with Gasteiger partial charge in [0.05, 0.1) is 12.6 Å². The van der Waals surface area contributed by atoms with Crippen LogP contribution in [-0.2, 0) is 4.79 Å². The van der Waals surface area contributed by atoms with Crippen molar-refractivity contribution in [1.29, 1.82) is 0 Å². The van der Waals surface area contributed by atoms with Crippen LogP contribution in [0.25, 0.3) is 0 Å². The average Bonchev–Trinajstić information content (AvgIpc) is 2.24. The Balaban J connectivity index is 4.16. The summed E-state index contributed by atoms with van der Waals surface area (Å²) < 4.78 is 0. The Labute approximate surface area is 94.0 Å². The van der Waals surface area contributed by atoms with Crippen molar-refractivity contribution in [1.82, 2.24) is 10.6 Å². The third kappa shape index (κ3) is 5.22. The van der Waals surface area contributed by atoms with E-state index in [9.17, 15) is 9.59 Å². The van der Waals surface area contributed by atoms with Gasteiger partial charge in [-0.25, -0.2) is 9.59 Å². The highest BCUT2D eigenvalue weighted by Crippen LogP contribution is 1.94. The molecular weight excluding hydrogens is 212 g/mol. The standard InChI is InChI=1S/C10H16N2O4/c1-3-5-7(4-2)11-10(16)12-8(6-13)9(14)15/h2,7-8,13H,3,5-6H2,1H3,(H,14,15)(H2,11,12,16)/t7?,8-/m0/s1. The van der Waals surface area contributed by atoms with Crippen LogP contribution in [0.3, 0.4) is 0 Å². The lowest BCUT2D eigenvalue weighted by Gasteiger charge is -2.15. The topological polar surface area (TPSA) is 98.7 Å². The van der Waals surface area contributed by atoms with Gasteiger partial charge in [-0.2, -0.15) is 0 Å². The lowest BCUT2D eigenvalue weighted by molar-refractivity contribution is -0.140. The molecule has 0 radical (unpaired) electrons. The zero-order valence-electron chi connectivity index (χ0n) is 9.06. The zero-order valence-corrected chi connectivity index (χ0v) is 9.06. The van der Waals surface area contributed by atoms with Crippen LogP contribution < -0.4 is 10.6 Å². The van der Waals surface area contributed by atoms with Crippen LogP contribution in [-0.4, -0.2) is 40.9 Å². The monoisotopic (exact) mass is 228 g/mol. The molecule has 0 aromatic heterocycles. The van der Waals surface area contributed by atoms with Crippen molar-refractivity contribution in [3.8, 4) is 12.3 Å². The molecule has 0 fully saturated rings. The van der Waals surface area contributed by atoms with Gasteiger partial charge in [0.2, 0.25) is 0 Å². The number of amides is 2. The normalized spacial score (nSPS) is 13.3. The van der Waals surface area contributed by atoms with Gasteiger partial charge in [-0.1, -0.05) is 19.3 Å². The van der Waals surface area contributed by atoms with Crippen LogP contribution in [0.5, 0.6) is 0 Å². The molecule has 90 valence electrons. The highest BCUT2D eigenvalue weighted by molar-refractivity contribution is 5.82. The van der Waals surface area contributed by atoms with E-state index in [4.69, 9.17) is 16.6 Å². The second-order valence-electron chi connectivity index (χ2n) is 3.20. The molecule has 0 aliphatic heterocycles. The lowest BCUT2D eigenvalue weighted by atomic mass is 10.2. The van der Waals surface area contributed by atoms with Gasteiger partial charge in [-0.05, 0) is 6.42 Å². The molecule has 0 bridgehead atoms. The number of nitrogens with one attached hydrogen (secondary N) is 2. The van der Waals surface area contributed by atoms with Crippen molar-refractivity contribution in [2.45, 2.75) is 31.8 Å². The number of hydrogen-bond acceptors (Lipinski definition) is 3.